The summed E-state index contributed by atoms with van der Waals surface area (Å²) in [5, 5.41) is 13.5. The van der Waals surface area contributed by atoms with Gasteiger partial charge in [0.15, 0.2) is 28.6 Å². The van der Waals surface area contributed by atoms with Crippen LogP contribution in [0, 0.1) is 0 Å². The van der Waals surface area contributed by atoms with E-state index in [2.05, 4.69) is 46.3 Å². The Kier molecular flexibility index (Phi) is 5.57. The number of aromatic nitrogens is 5. The van der Waals surface area contributed by atoms with Crippen molar-refractivity contribution < 1.29 is 14.0 Å². The first kappa shape index (κ1) is 20.6. The lowest BCUT2D eigenvalue weighted by Crippen LogP contribution is -2.24. The van der Waals surface area contributed by atoms with Crippen molar-refractivity contribution in [1.82, 2.24) is 24.9 Å². The van der Waals surface area contributed by atoms with Gasteiger partial charge in [-0.25, -0.2) is 0 Å². The average Bonchev–Trinajstić information content (AvgIpc) is 3.44. The zero-order valence-corrected chi connectivity index (χ0v) is 18.9. The quantitative estimate of drug-likeness (QED) is 0.388. The van der Waals surface area contributed by atoms with E-state index in [1.54, 1.807) is 0 Å². The largest absolute Gasteiger partial charge is 0.485 e. The van der Waals surface area contributed by atoms with Gasteiger partial charge in [-0.1, -0.05) is 67.2 Å². The summed E-state index contributed by atoms with van der Waals surface area (Å²) in [6.07, 6.45) is -0.319. The minimum absolute atomic E-state index is 0.319. The maximum absolute atomic E-state index is 6.05. The molecule has 0 amide bonds. The summed E-state index contributed by atoms with van der Waals surface area (Å²) in [7, 11) is 1.91. The molecule has 0 fully saturated rings. The predicted octanol–water partition coefficient (Wildman–Crippen LogP) is 4.79. The van der Waals surface area contributed by atoms with Crippen LogP contribution >= 0.6 is 11.8 Å². The monoisotopic (exact) mass is 449 g/mol. The van der Waals surface area contributed by atoms with Crippen molar-refractivity contribution in [2.24, 2.45) is 7.05 Å². The van der Waals surface area contributed by atoms with Crippen molar-refractivity contribution in [3.05, 3.63) is 65.8 Å². The zero-order chi connectivity index (χ0) is 22.1. The third-order valence-corrected chi connectivity index (χ3v) is 6.30. The molecule has 9 heteroatoms. The molecule has 1 unspecified atom stereocenters. The Hall–Kier alpha value is -3.33. The molecule has 32 heavy (non-hydrogen) atoms. The van der Waals surface area contributed by atoms with E-state index in [-0.39, 0.29) is 6.10 Å². The Morgan fingerprint density at radius 1 is 1.06 bits per heavy atom. The van der Waals surface area contributed by atoms with Crippen molar-refractivity contribution in [2.45, 2.75) is 36.8 Å². The number of hydrogen-bond acceptors (Lipinski definition) is 8. The molecule has 1 atom stereocenters. The highest BCUT2D eigenvalue weighted by Crippen LogP contribution is 2.36. The highest BCUT2D eigenvalue weighted by atomic mass is 32.2. The normalized spacial score (nSPS) is 15.3. The highest BCUT2D eigenvalue weighted by molar-refractivity contribution is 7.98. The van der Waals surface area contributed by atoms with Crippen molar-refractivity contribution >= 4 is 11.8 Å². The molecule has 8 nitrogen and oxygen atoms in total. The molecule has 0 radical (unpaired) electrons. The van der Waals surface area contributed by atoms with Crippen LogP contribution in [0.3, 0.4) is 0 Å². The molecule has 4 aromatic rings. The Morgan fingerprint density at radius 2 is 1.84 bits per heavy atom. The molecule has 0 saturated carbocycles. The molecule has 0 spiro atoms. The van der Waals surface area contributed by atoms with Crippen LogP contribution in [0.25, 0.3) is 11.4 Å². The second-order valence-electron chi connectivity index (χ2n) is 7.84. The second kappa shape index (κ2) is 8.66. The molecule has 0 N–H and O–H groups in total. The van der Waals surface area contributed by atoms with Crippen LogP contribution in [0.1, 0.15) is 43.1 Å². The van der Waals surface area contributed by atoms with Gasteiger partial charge in [0.05, 0.1) is 5.75 Å². The van der Waals surface area contributed by atoms with E-state index in [0.717, 1.165) is 16.5 Å². The number of rotatable bonds is 6. The molecular formula is C23H23N5O3S. The Morgan fingerprint density at radius 3 is 2.62 bits per heavy atom. The maximum Gasteiger partial charge on any atom is 0.237 e. The molecule has 2 aromatic carbocycles. The Balaban J connectivity index is 1.24. The first-order valence-corrected chi connectivity index (χ1v) is 11.4. The molecule has 1 aliphatic heterocycles. The van der Waals surface area contributed by atoms with Gasteiger partial charge in [-0.05, 0) is 23.6 Å². The predicted molar refractivity (Wildman–Crippen MR) is 120 cm³/mol. The smallest absolute Gasteiger partial charge is 0.237 e. The zero-order valence-electron chi connectivity index (χ0n) is 18.1. The summed E-state index contributed by atoms with van der Waals surface area (Å²) in [4.78, 5) is 4.52. The van der Waals surface area contributed by atoms with E-state index in [0.29, 0.717) is 41.6 Å². The Labute approximate surface area is 190 Å². The molecule has 5 rings (SSSR count). The van der Waals surface area contributed by atoms with Crippen molar-refractivity contribution in [1.29, 1.82) is 0 Å². The van der Waals surface area contributed by atoms with Gasteiger partial charge in [0, 0.05) is 12.6 Å². The van der Waals surface area contributed by atoms with E-state index in [1.807, 2.05) is 48.0 Å². The minimum Gasteiger partial charge on any atom is -0.485 e. The molecular weight excluding hydrogens is 426 g/mol. The number of para-hydroxylation sites is 2. The fourth-order valence-corrected chi connectivity index (χ4v) is 4.21. The molecule has 2 aromatic heterocycles. The summed E-state index contributed by atoms with van der Waals surface area (Å²) in [6.45, 7) is 4.72. The Bertz CT molecular complexity index is 1220. The van der Waals surface area contributed by atoms with Gasteiger partial charge in [-0.15, -0.1) is 10.2 Å². The van der Waals surface area contributed by atoms with Gasteiger partial charge in [-0.2, -0.15) is 4.98 Å². The van der Waals surface area contributed by atoms with Crippen LogP contribution in [-0.4, -0.2) is 31.5 Å². The molecule has 0 aliphatic carbocycles. The summed E-state index contributed by atoms with van der Waals surface area (Å²) < 4.78 is 19.2. The SMILES string of the molecule is CC(C)c1ccc(-c2noc(CSc3nnc(C4COc5ccccc5O4)n3C)n2)cc1. The third-order valence-electron chi connectivity index (χ3n) is 5.29. The minimum atomic E-state index is -0.319. The first-order valence-electron chi connectivity index (χ1n) is 10.4. The number of nitrogens with zero attached hydrogens (tertiary/aromatic N) is 5. The maximum atomic E-state index is 6.05. The second-order valence-corrected chi connectivity index (χ2v) is 8.78. The number of thioether (sulfide) groups is 1. The van der Waals surface area contributed by atoms with Crippen molar-refractivity contribution in [3.8, 4) is 22.9 Å². The molecule has 164 valence electrons. The third kappa shape index (κ3) is 4.08. The van der Waals surface area contributed by atoms with E-state index >= 15 is 0 Å². The van der Waals surface area contributed by atoms with Crippen molar-refractivity contribution in [2.75, 3.05) is 6.61 Å². The number of fused-ring (bicyclic) bond motifs is 1. The van der Waals surface area contributed by atoms with E-state index in [9.17, 15) is 0 Å². The standard InChI is InChI=1S/C23H23N5O3S/c1-14(2)15-8-10-16(11-9-15)21-24-20(31-27-21)13-32-23-26-25-22(28(23)3)19-12-29-17-6-4-5-7-18(17)30-19/h4-11,14,19H,12-13H2,1-3H3. The van der Waals surface area contributed by atoms with Gasteiger partial charge in [0.2, 0.25) is 11.7 Å². The lowest BCUT2D eigenvalue weighted by atomic mass is 10.0. The van der Waals surface area contributed by atoms with Gasteiger partial charge in [0.1, 0.15) is 6.61 Å². The molecule has 0 saturated heterocycles. The fraction of sp³-hybridized carbons (Fsp3) is 0.304. The summed E-state index contributed by atoms with van der Waals surface area (Å²) >= 11 is 1.48. The first-order chi connectivity index (χ1) is 15.6. The molecule has 0 bridgehead atoms. The van der Waals surface area contributed by atoms with Gasteiger partial charge in [-0.3, -0.25) is 0 Å². The van der Waals surface area contributed by atoms with Gasteiger partial charge in [0.25, 0.3) is 0 Å². The summed E-state index contributed by atoms with van der Waals surface area (Å²) in [6, 6.07) is 15.9. The van der Waals surface area contributed by atoms with Crippen LogP contribution in [0.15, 0.2) is 58.2 Å². The summed E-state index contributed by atoms with van der Waals surface area (Å²) in [5.74, 6) is 4.26. The topological polar surface area (TPSA) is 88.1 Å². The average molecular weight is 450 g/mol. The van der Waals surface area contributed by atoms with Crippen LogP contribution in [-0.2, 0) is 12.8 Å². The van der Waals surface area contributed by atoms with Crippen LogP contribution in [0.4, 0.5) is 0 Å². The van der Waals surface area contributed by atoms with Crippen LogP contribution in [0.5, 0.6) is 11.5 Å². The van der Waals surface area contributed by atoms with E-state index in [4.69, 9.17) is 14.0 Å². The number of hydrogen-bond donors (Lipinski definition) is 0. The van der Waals surface area contributed by atoms with E-state index in [1.165, 1.54) is 17.3 Å². The van der Waals surface area contributed by atoms with Gasteiger partial charge < -0.3 is 18.6 Å². The molecule has 3 heterocycles. The van der Waals surface area contributed by atoms with Gasteiger partial charge >= 0.3 is 0 Å². The lowest BCUT2D eigenvalue weighted by molar-refractivity contribution is 0.0825. The van der Waals surface area contributed by atoms with E-state index < -0.39 is 0 Å². The highest BCUT2D eigenvalue weighted by Gasteiger charge is 2.27. The molecule has 1 aliphatic rings. The van der Waals surface area contributed by atoms with Crippen LogP contribution in [0.2, 0.25) is 0 Å². The summed E-state index contributed by atoms with van der Waals surface area (Å²) in [5.41, 5.74) is 2.21. The van der Waals surface area contributed by atoms with Crippen molar-refractivity contribution in [3.63, 3.8) is 0 Å². The number of benzene rings is 2. The number of ether oxygens (including phenoxy) is 2. The fourth-order valence-electron chi connectivity index (χ4n) is 3.45. The van der Waals surface area contributed by atoms with Crippen LogP contribution < -0.4 is 9.47 Å². The lowest BCUT2D eigenvalue weighted by Gasteiger charge is -2.25.